The molecule has 0 radical (unpaired) electrons. The van der Waals surface area contributed by atoms with E-state index in [0.29, 0.717) is 28.8 Å². The molecule has 1 amide bonds. The van der Waals surface area contributed by atoms with Gasteiger partial charge in [0.15, 0.2) is 20.0 Å². The van der Waals surface area contributed by atoms with Gasteiger partial charge in [-0.1, -0.05) is 59.7 Å². The molecular weight excluding hydrogens is 473 g/mol. The summed E-state index contributed by atoms with van der Waals surface area (Å²) in [6.45, 7) is 14.0. The Balaban J connectivity index is 1.68. The average Bonchev–Trinajstić information content (AvgIpc) is 3.25. The standard InChI is InChI=1S/C24H34FN3O4SSi/c1-15(2)34(16(3)4,17(5)6)32-14-21-31-13-20(33-21)28-12-19(25)22(27-24(28)30)26-23(29)18-10-8-7-9-11-18/h7-12,15-17,20-21H,13-14H2,1-6H3,(H,26,27,29,30)/t20-,21-/m1/s1. The second kappa shape index (κ2) is 11.2. The molecule has 0 saturated carbocycles. The molecule has 2 aromatic rings. The molecule has 34 heavy (non-hydrogen) atoms. The van der Waals surface area contributed by atoms with Crippen LogP contribution in [0.15, 0.2) is 41.3 Å². The number of amides is 1. The number of hydrogen-bond donors (Lipinski definition) is 1. The van der Waals surface area contributed by atoms with Crippen molar-refractivity contribution in [3.63, 3.8) is 0 Å². The van der Waals surface area contributed by atoms with Crippen LogP contribution in [-0.4, -0.2) is 42.4 Å². The smallest absolute Gasteiger partial charge is 0.350 e. The van der Waals surface area contributed by atoms with Crippen molar-refractivity contribution in [3.05, 3.63) is 58.4 Å². The summed E-state index contributed by atoms with van der Waals surface area (Å²) in [6.07, 6.45) is 1.08. The van der Waals surface area contributed by atoms with Crippen LogP contribution in [0.1, 0.15) is 57.3 Å². The van der Waals surface area contributed by atoms with Crippen LogP contribution < -0.4 is 11.0 Å². The van der Waals surface area contributed by atoms with Crippen molar-refractivity contribution >= 4 is 31.8 Å². The Hall–Kier alpha value is -2.01. The van der Waals surface area contributed by atoms with Crippen molar-refractivity contribution in [2.75, 3.05) is 18.5 Å². The topological polar surface area (TPSA) is 82.4 Å². The zero-order valence-electron chi connectivity index (χ0n) is 20.6. The largest absolute Gasteiger partial charge is 0.412 e. The van der Waals surface area contributed by atoms with Crippen molar-refractivity contribution in [1.82, 2.24) is 9.55 Å². The first-order chi connectivity index (χ1) is 16.1. The lowest BCUT2D eigenvalue weighted by molar-refractivity contribution is 0.0819. The first-order valence-corrected chi connectivity index (χ1v) is 14.7. The maximum atomic E-state index is 14.7. The van der Waals surface area contributed by atoms with E-state index in [1.807, 2.05) is 0 Å². The van der Waals surface area contributed by atoms with Gasteiger partial charge in [0, 0.05) is 11.8 Å². The van der Waals surface area contributed by atoms with Gasteiger partial charge in [-0.15, -0.1) is 11.8 Å². The molecule has 186 valence electrons. The molecular formula is C24H34FN3O4SSi. The lowest BCUT2D eigenvalue weighted by Crippen LogP contribution is -2.48. The molecule has 0 aliphatic carbocycles. The number of ether oxygens (including phenoxy) is 1. The van der Waals surface area contributed by atoms with Gasteiger partial charge in [0.25, 0.3) is 5.91 Å². The van der Waals surface area contributed by atoms with E-state index in [2.05, 4.69) is 51.8 Å². The van der Waals surface area contributed by atoms with Crippen molar-refractivity contribution in [3.8, 4) is 0 Å². The molecule has 0 unspecified atom stereocenters. The van der Waals surface area contributed by atoms with Gasteiger partial charge in [-0.25, -0.2) is 9.18 Å². The number of hydrogen-bond acceptors (Lipinski definition) is 6. The molecule has 3 rings (SSSR count). The van der Waals surface area contributed by atoms with Crippen molar-refractivity contribution in [1.29, 1.82) is 0 Å². The molecule has 1 saturated heterocycles. The van der Waals surface area contributed by atoms with E-state index in [1.165, 1.54) is 16.3 Å². The fraction of sp³-hybridized carbons (Fsp3) is 0.542. The van der Waals surface area contributed by atoms with Gasteiger partial charge in [-0.05, 0) is 28.8 Å². The number of halogens is 1. The number of rotatable bonds is 9. The van der Waals surface area contributed by atoms with Crippen LogP contribution in [0, 0.1) is 5.82 Å². The molecule has 1 fully saturated rings. The summed E-state index contributed by atoms with van der Waals surface area (Å²) in [4.78, 5) is 28.7. The van der Waals surface area contributed by atoms with Crippen molar-refractivity contribution in [2.24, 2.45) is 0 Å². The summed E-state index contributed by atoms with van der Waals surface area (Å²) in [6, 6.07) is 8.36. The summed E-state index contributed by atoms with van der Waals surface area (Å²) in [7, 11) is -2.04. The van der Waals surface area contributed by atoms with Gasteiger partial charge in [-0.3, -0.25) is 9.36 Å². The quantitative estimate of drug-likeness (QED) is 0.457. The van der Waals surface area contributed by atoms with Gasteiger partial charge < -0.3 is 14.5 Å². The Bertz CT molecular complexity index is 1030. The van der Waals surface area contributed by atoms with E-state index in [0.717, 1.165) is 6.20 Å². The first-order valence-electron chi connectivity index (χ1n) is 11.6. The van der Waals surface area contributed by atoms with Crippen LogP contribution in [0.3, 0.4) is 0 Å². The van der Waals surface area contributed by atoms with Crippen molar-refractivity contribution < 1.29 is 18.3 Å². The van der Waals surface area contributed by atoms with Crippen LogP contribution in [0.4, 0.5) is 10.2 Å². The van der Waals surface area contributed by atoms with E-state index in [4.69, 9.17) is 9.16 Å². The number of nitrogens with zero attached hydrogens (tertiary/aromatic N) is 2. The number of carbonyl (C=O) groups excluding carboxylic acids is 1. The Morgan fingerprint density at radius 3 is 2.41 bits per heavy atom. The van der Waals surface area contributed by atoms with Gasteiger partial charge >= 0.3 is 5.69 Å². The molecule has 1 aliphatic heterocycles. The highest BCUT2D eigenvalue weighted by Gasteiger charge is 2.46. The maximum absolute atomic E-state index is 14.7. The third-order valence-corrected chi connectivity index (χ3v) is 13.7. The number of anilines is 1. The summed E-state index contributed by atoms with van der Waals surface area (Å²) < 4.78 is 28.4. The monoisotopic (exact) mass is 507 g/mol. The molecule has 7 nitrogen and oxygen atoms in total. The van der Waals surface area contributed by atoms with E-state index in [-0.39, 0.29) is 17.9 Å². The molecule has 2 atom stereocenters. The molecule has 10 heteroatoms. The van der Waals surface area contributed by atoms with Gasteiger partial charge in [0.2, 0.25) is 0 Å². The maximum Gasteiger partial charge on any atom is 0.350 e. The van der Waals surface area contributed by atoms with Gasteiger partial charge in [0.05, 0.1) is 13.2 Å². The zero-order chi connectivity index (χ0) is 25.0. The van der Waals surface area contributed by atoms with Gasteiger partial charge in [0.1, 0.15) is 10.8 Å². The highest BCUT2D eigenvalue weighted by Crippen LogP contribution is 2.44. The van der Waals surface area contributed by atoms with Crippen molar-refractivity contribution in [2.45, 2.75) is 69.0 Å². The zero-order valence-corrected chi connectivity index (χ0v) is 22.4. The van der Waals surface area contributed by atoms with Crippen LogP contribution >= 0.6 is 11.8 Å². The predicted molar refractivity (Wildman–Crippen MR) is 136 cm³/mol. The highest BCUT2D eigenvalue weighted by molar-refractivity contribution is 8.00. The minimum absolute atomic E-state index is 0.245. The van der Waals surface area contributed by atoms with Crippen LogP contribution in [0.5, 0.6) is 0 Å². The predicted octanol–water partition coefficient (Wildman–Crippen LogP) is 5.41. The normalized spacial score (nSPS) is 18.8. The summed E-state index contributed by atoms with van der Waals surface area (Å²) >= 11 is 1.42. The number of carbonyl (C=O) groups is 1. The Labute approximate surface area is 205 Å². The van der Waals surface area contributed by atoms with Crippen LogP contribution in [-0.2, 0) is 9.16 Å². The fourth-order valence-corrected chi connectivity index (χ4v) is 11.6. The number of benzene rings is 1. The molecule has 0 bridgehead atoms. The number of nitrogens with one attached hydrogen (secondary N) is 1. The Morgan fingerprint density at radius 1 is 1.21 bits per heavy atom. The Kier molecular flexibility index (Phi) is 8.72. The fourth-order valence-electron chi connectivity index (χ4n) is 4.90. The lowest BCUT2D eigenvalue weighted by Gasteiger charge is -2.42. The summed E-state index contributed by atoms with van der Waals surface area (Å²) in [5, 5.41) is 1.95. The molecule has 1 aliphatic rings. The Morgan fingerprint density at radius 2 is 1.82 bits per heavy atom. The van der Waals surface area contributed by atoms with Crippen LogP contribution in [0.2, 0.25) is 16.6 Å². The average molecular weight is 508 g/mol. The molecule has 1 aromatic carbocycles. The van der Waals surface area contributed by atoms with Crippen LogP contribution in [0.25, 0.3) is 0 Å². The second-order valence-electron chi connectivity index (χ2n) is 9.43. The van der Waals surface area contributed by atoms with E-state index < -0.39 is 31.1 Å². The summed E-state index contributed by atoms with van der Waals surface area (Å²) in [5.74, 6) is -1.71. The van der Waals surface area contributed by atoms with E-state index in [1.54, 1.807) is 30.3 Å². The minimum atomic E-state index is -2.04. The third-order valence-electron chi connectivity index (χ3n) is 6.40. The molecule has 1 aromatic heterocycles. The van der Waals surface area contributed by atoms with E-state index in [9.17, 15) is 14.0 Å². The van der Waals surface area contributed by atoms with Gasteiger partial charge in [-0.2, -0.15) is 4.98 Å². The summed E-state index contributed by atoms with van der Waals surface area (Å²) in [5.41, 5.74) is 0.806. The number of aromatic nitrogens is 2. The third kappa shape index (κ3) is 5.62. The highest BCUT2D eigenvalue weighted by atomic mass is 32.2. The minimum Gasteiger partial charge on any atom is -0.412 e. The molecule has 1 N–H and O–H groups in total. The molecule has 0 spiro atoms. The SMILES string of the molecule is CC(C)[Si](OC[C@@H]1OC[C@H](n2cc(F)c(NC(=O)c3ccccc3)nc2=O)S1)(C(C)C)C(C)C. The second-order valence-corrected chi connectivity index (χ2v) is 16.2. The first kappa shape index (κ1) is 26.6. The number of thioether (sulfide) groups is 1. The van der Waals surface area contributed by atoms with E-state index >= 15 is 0 Å². The lowest BCUT2D eigenvalue weighted by atomic mass is 10.2. The molecule has 2 heterocycles.